The number of benzene rings is 1. The number of nitrogens with one attached hydrogen (secondary N) is 2. The highest BCUT2D eigenvalue weighted by atomic mass is 16.1. The average Bonchev–Trinajstić information content (AvgIpc) is 2.32. The van der Waals surface area contributed by atoms with Crippen molar-refractivity contribution in [3.05, 3.63) is 34.9 Å². The smallest absolute Gasteiger partial charge is 0.251 e. The standard InChI is InChI=1S/C15H22N2O/c1-10-4-7-14(11(2)8-10)15(18)17-13-6-5-12(3)16-9-13/h4,7-8,12-13,16H,5-6,9H2,1-3H3,(H,17,18). The first-order valence-corrected chi connectivity index (χ1v) is 6.68. The van der Waals surface area contributed by atoms with Gasteiger partial charge in [0.25, 0.3) is 5.91 Å². The number of hydrogen-bond donors (Lipinski definition) is 2. The predicted octanol–water partition coefficient (Wildman–Crippen LogP) is 2.17. The van der Waals surface area contributed by atoms with Crippen molar-refractivity contribution >= 4 is 5.91 Å². The summed E-state index contributed by atoms with van der Waals surface area (Å²) in [7, 11) is 0. The lowest BCUT2D eigenvalue weighted by Gasteiger charge is -2.28. The van der Waals surface area contributed by atoms with Crippen molar-refractivity contribution in [1.82, 2.24) is 10.6 Å². The number of piperidine rings is 1. The summed E-state index contributed by atoms with van der Waals surface area (Å²) in [6.45, 7) is 7.09. The van der Waals surface area contributed by atoms with Gasteiger partial charge in [-0.15, -0.1) is 0 Å². The van der Waals surface area contributed by atoms with Crippen LogP contribution in [0.4, 0.5) is 0 Å². The molecule has 1 aromatic rings. The normalized spacial score (nSPS) is 23.7. The first-order valence-electron chi connectivity index (χ1n) is 6.68. The van der Waals surface area contributed by atoms with Crippen LogP contribution < -0.4 is 10.6 Å². The van der Waals surface area contributed by atoms with Crippen molar-refractivity contribution in [2.24, 2.45) is 0 Å². The molecule has 98 valence electrons. The Bertz CT molecular complexity index is 434. The first kappa shape index (κ1) is 13.1. The molecule has 0 spiro atoms. The van der Waals surface area contributed by atoms with Crippen LogP contribution >= 0.6 is 0 Å². The van der Waals surface area contributed by atoms with Crippen molar-refractivity contribution in [2.75, 3.05) is 6.54 Å². The monoisotopic (exact) mass is 246 g/mol. The summed E-state index contributed by atoms with van der Waals surface area (Å²) in [4.78, 5) is 12.2. The van der Waals surface area contributed by atoms with Gasteiger partial charge < -0.3 is 10.6 Å². The molecule has 18 heavy (non-hydrogen) atoms. The Morgan fingerprint density at radius 3 is 2.72 bits per heavy atom. The van der Waals surface area contributed by atoms with Gasteiger partial charge in [0.1, 0.15) is 0 Å². The number of amides is 1. The molecule has 1 aromatic carbocycles. The maximum Gasteiger partial charge on any atom is 0.251 e. The highest BCUT2D eigenvalue weighted by molar-refractivity contribution is 5.95. The number of carbonyl (C=O) groups excluding carboxylic acids is 1. The van der Waals surface area contributed by atoms with Crippen LogP contribution in [0, 0.1) is 13.8 Å². The van der Waals surface area contributed by atoms with Crippen molar-refractivity contribution in [1.29, 1.82) is 0 Å². The maximum absolute atomic E-state index is 12.2. The minimum absolute atomic E-state index is 0.0499. The third-order valence-corrected chi connectivity index (χ3v) is 3.62. The van der Waals surface area contributed by atoms with Crippen molar-refractivity contribution in [3.63, 3.8) is 0 Å². The summed E-state index contributed by atoms with van der Waals surface area (Å²) < 4.78 is 0. The number of rotatable bonds is 2. The fraction of sp³-hybridized carbons (Fsp3) is 0.533. The summed E-state index contributed by atoms with van der Waals surface area (Å²) in [5.74, 6) is 0.0499. The van der Waals surface area contributed by atoms with Gasteiger partial charge in [0.05, 0.1) is 0 Å². The van der Waals surface area contributed by atoms with E-state index in [9.17, 15) is 4.79 Å². The zero-order valence-electron chi connectivity index (χ0n) is 11.4. The van der Waals surface area contributed by atoms with Gasteiger partial charge in [0, 0.05) is 24.2 Å². The molecule has 1 fully saturated rings. The molecule has 1 aliphatic rings. The van der Waals surface area contributed by atoms with E-state index in [0.717, 1.165) is 30.5 Å². The van der Waals surface area contributed by atoms with E-state index in [1.807, 2.05) is 26.0 Å². The lowest BCUT2D eigenvalue weighted by molar-refractivity contribution is 0.0927. The Labute approximate surface area is 109 Å². The summed E-state index contributed by atoms with van der Waals surface area (Å²) in [6.07, 6.45) is 2.18. The molecule has 3 nitrogen and oxygen atoms in total. The molecule has 1 saturated heterocycles. The summed E-state index contributed by atoms with van der Waals surface area (Å²) in [5.41, 5.74) is 3.03. The minimum atomic E-state index is 0.0499. The van der Waals surface area contributed by atoms with Gasteiger partial charge in [0.2, 0.25) is 0 Å². The topological polar surface area (TPSA) is 41.1 Å². The fourth-order valence-corrected chi connectivity index (χ4v) is 2.45. The summed E-state index contributed by atoms with van der Waals surface area (Å²) in [6, 6.07) is 6.78. The molecule has 2 atom stereocenters. The molecule has 1 heterocycles. The molecule has 0 aromatic heterocycles. The molecule has 1 aliphatic heterocycles. The third kappa shape index (κ3) is 3.10. The second-order valence-electron chi connectivity index (χ2n) is 5.38. The summed E-state index contributed by atoms with van der Waals surface area (Å²) in [5, 5.41) is 6.51. The minimum Gasteiger partial charge on any atom is -0.348 e. The van der Waals surface area contributed by atoms with E-state index in [1.54, 1.807) is 0 Å². The molecular weight excluding hydrogens is 224 g/mol. The first-order chi connectivity index (χ1) is 8.56. The molecule has 1 amide bonds. The molecule has 0 bridgehead atoms. The molecule has 2 rings (SSSR count). The van der Waals surface area contributed by atoms with Gasteiger partial charge in [-0.05, 0) is 45.2 Å². The van der Waals surface area contributed by atoms with Crippen LogP contribution in [-0.2, 0) is 0 Å². The van der Waals surface area contributed by atoms with Gasteiger partial charge in [-0.3, -0.25) is 4.79 Å². The molecule has 0 radical (unpaired) electrons. The zero-order chi connectivity index (χ0) is 13.1. The van der Waals surface area contributed by atoms with E-state index >= 15 is 0 Å². The Balaban J connectivity index is 1.99. The highest BCUT2D eigenvalue weighted by Gasteiger charge is 2.20. The molecule has 0 aliphatic carbocycles. The number of aryl methyl sites for hydroxylation is 2. The lowest BCUT2D eigenvalue weighted by atomic mass is 10.0. The van der Waals surface area contributed by atoms with E-state index in [1.165, 1.54) is 5.56 Å². The lowest BCUT2D eigenvalue weighted by Crippen LogP contribution is -2.48. The quantitative estimate of drug-likeness (QED) is 0.839. The van der Waals surface area contributed by atoms with Crippen LogP contribution in [0.15, 0.2) is 18.2 Å². The highest BCUT2D eigenvalue weighted by Crippen LogP contribution is 2.12. The second-order valence-corrected chi connectivity index (χ2v) is 5.38. The number of carbonyl (C=O) groups is 1. The average molecular weight is 246 g/mol. The third-order valence-electron chi connectivity index (χ3n) is 3.62. The maximum atomic E-state index is 12.2. The van der Waals surface area contributed by atoms with Gasteiger partial charge in [-0.2, -0.15) is 0 Å². The fourth-order valence-electron chi connectivity index (χ4n) is 2.45. The Hall–Kier alpha value is -1.35. The largest absolute Gasteiger partial charge is 0.348 e. The van der Waals surface area contributed by atoms with E-state index in [4.69, 9.17) is 0 Å². The zero-order valence-corrected chi connectivity index (χ0v) is 11.4. The van der Waals surface area contributed by atoms with Crippen LogP contribution in [-0.4, -0.2) is 24.5 Å². The van der Waals surface area contributed by atoms with Gasteiger partial charge in [-0.1, -0.05) is 17.7 Å². The van der Waals surface area contributed by atoms with E-state index in [2.05, 4.69) is 23.6 Å². The van der Waals surface area contributed by atoms with E-state index in [0.29, 0.717) is 6.04 Å². The van der Waals surface area contributed by atoms with Crippen LogP contribution in [0.5, 0.6) is 0 Å². The Morgan fingerprint density at radius 1 is 1.33 bits per heavy atom. The summed E-state index contributed by atoms with van der Waals surface area (Å²) >= 11 is 0. The second kappa shape index (κ2) is 5.53. The predicted molar refractivity (Wildman–Crippen MR) is 73.9 cm³/mol. The van der Waals surface area contributed by atoms with Crippen molar-refractivity contribution in [2.45, 2.75) is 45.7 Å². The van der Waals surface area contributed by atoms with Crippen molar-refractivity contribution in [3.8, 4) is 0 Å². The Morgan fingerprint density at radius 2 is 2.11 bits per heavy atom. The molecule has 0 saturated carbocycles. The molecule has 3 heteroatoms. The van der Waals surface area contributed by atoms with Crippen LogP contribution in [0.2, 0.25) is 0 Å². The van der Waals surface area contributed by atoms with Gasteiger partial charge in [0.15, 0.2) is 0 Å². The van der Waals surface area contributed by atoms with Crippen LogP contribution in [0.3, 0.4) is 0 Å². The van der Waals surface area contributed by atoms with Crippen LogP contribution in [0.1, 0.15) is 41.3 Å². The van der Waals surface area contributed by atoms with Gasteiger partial charge in [-0.25, -0.2) is 0 Å². The van der Waals surface area contributed by atoms with Crippen molar-refractivity contribution < 1.29 is 4.79 Å². The van der Waals surface area contributed by atoms with Gasteiger partial charge >= 0.3 is 0 Å². The molecule has 2 N–H and O–H groups in total. The van der Waals surface area contributed by atoms with E-state index in [-0.39, 0.29) is 11.9 Å². The Kier molecular flexibility index (Phi) is 4.02. The van der Waals surface area contributed by atoms with Crippen LogP contribution in [0.25, 0.3) is 0 Å². The SMILES string of the molecule is Cc1ccc(C(=O)NC2CCC(C)NC2)c(C)c1. The van der Waals surface area contributed by atoms with E-state index < -0.39 is 0 Å². The number of hydrogen-bond acceptors (Lipinski definition) is 2. The molecular formula is C15H22N2O. The molecule has 2 unspecified atom stereocenters.